The van der Waals surface area contributed by atoms with Gasteiger partial charge in [-0.1, -0.05) is 12.1 Å². The van der Waals surface area contributed by atoms with E-state index in [1.54, 1.807) is 12.1 Å². The van der Waals surface area contributed by atoms with Crippen LogP contribution < -0.4 is 16.4 Å². The van der Waals surface area contributed by atoms with Gasteiger partial charge in [-0.05, 0) is 51.3 Å². The van der Waals surface area contributed by atoms with Crippen molar-refractivity contribution in [1.29, 1.82) is 0 Å². The van der Waals surface area contributed by atoms with Crippen LogP contribution in [0.1, 0.15) is 39.2 Å². The number of carbonyl (C=O) groups excluding carboxylic acids is 1. The van der Waals surface area contributed by atoms with Crippen molar-refractivity contribution < 1.29 is 14.7 Å². The molecule has 6 heteroatoms. The number of hydrogen-bond donors (Lipinski definition) is 4. The standard InChI is InChI=1S/C17H27N3O3/c1-17(2,3)19-11-10-15(21)20-14(16(22)23)9-6-12-4-7-13(18)8-5-12/h4-5,7-8,14,19H,6,9-11,18H2,1-3H3,(H,20,21)(H,22,23)/t14-/m0/s1. The Bertz CT molecular complexity index is 521. The van der Waals surface area contributed by atoms with Crippen molar-refractivity contribution in [3.63, 3.8) is 0 Å². The lowest BCUT2D eigenvalue weighted by Crippen LogP contribution is -2.43. The molecular formula is C17H27N3O3. The van der Waals surface area contributed by atoms with Crippen LogP contribution in [0.2, 0.25) is 0 Å². The maximum Gasteiger partial charge on any atom is 0.326 e. The summed E-state index contributed by atoms with van der Waals surface area (Å²) in [7, 11) is 0. The fraction of sp³-hybridized carbons (Fsp3) is 0.529. The van der Waals surface area contributed by atoms with Gasteiger partial charge in [0.1, 0.15) is 6.04 Å². The van der Waals surface area contributed by atoms with Crippen molar-refractivity contribution in [2.45, 2.75) is 51.6 Å². The van der Waals surface area contributed by atoms with E-state index in [4.69, 9.17) is 5.73 Å². The van der Waals surface area contributed by atoms with Crippen molar-refractivity contribution in [1.82, 2.24) is 10.6 Å². The summed E-state index contributed by atoms with van der Waals surface area (Å²) in [6.45, 7) is 6.55. The van der Waals surface area contributed by atoms with Crippen molar-refractivity contribution in [3.05, 3.63) is 29.8 Å². The number of carboxylic acids is 1. The van der Waals surface area contributed by atoms with Gasteiger partial charge in [0.2, 0.25) is 5.91 Å². The van der Waals surface area contributed by atoms with Crippen molar-refractivity contribution in [2.75, 3.05) is 12.3 Å². The molecule has 0 aromatic heterocycles. The van der Waals surface area contributed by atoms with Gasteiger partial charge in [-0.2, -0.15) is 0 Å². The average Bonchev–Trinajstić information content (AvgIpc) is 2.43. The molecule has 1 aromatic carbocycles. The van der Waals surface area contributed by atoms with Crippen LogP contribution in [-0.2, 0) is 16.0 Å². The Morgan fingerprint density at radius 2 is 1.83 bits per heavy atom. The summed E-state index contributed by atoms with van der Waals surface area (Å²) >= 11 is 0. The molecule has 1 atom stereocenters. The van der Waals surface area contributed by atoms with Crippen molar-refractivity contribution >= 4 is 17.6 Å². The number of amides is 1. The van der Waals surface area contributed by atoms with Gasteiger partial charge < -0.3 is 21.5 Å². The Hall–Kier alpha value is -2.08. The van der Waals surface area contributed by atoms with Crippen molar-refractivity contribution in [3.8, 4) is 0 Å². The Labute approximate surface area is 137 Å². The number of carboxylic acid groups (broad SMARTS) is 1. The summed E-state index contributed by atoms with van der Waals surface area (Å²) < 4.78 is 0. The SMILES string of the molecule is CC(C)(C)NCCC(=O)N[C@@H](CCc1ccc(N)cc1)C(=O)O. The van der Waals surface area contributed by atoms with E-state index in [-0.39, 0.29) is 17.9 Å². The van der Waals surface area contributed by atoms with Gasteiger partial charge in [0.15, 0.2) is 0 Å². The van der Waals surface area contributed by atoms with E-state index in [0.717, 1.165) is 5.56 Å². The fourth-order valence-electron chi connectivity index (χ4n) is 2.07. The van der Waals surface area contributed by atoms with Crippen LogP contribution in [0.25, 0.3) is 0 Å². The van der Waals surface area contributed by atoms with Gasteiger partial charge in [-0.15, -0.1) is 0 Å². The number of nitrogen functional groups attached to an aromatic ring is 1. The number of nitrogens with one attached hydrogen (secondary N) is 2. The molecule has 1 amide bonds. The molecule has 23 heavy (non-hydrogen) atoms. The number of aliphatic carboxylic acids is 1. The highest BCUT2D eigenvalue weighted by atomic mass is 16.4. The lowest BCUT2D eigenvalue weighted by molar-refractivity contribution is -0.142. The molecule has 1 rings (SSSR count). The predicted molar refractivity (Wildman–Crippen MR) is 91.1 cm³/mol. The molecule has 6 nitrogen and oxygen atoms in total. The molecule has 128 valence electrons. The molecule has 0 heterocycles. The maximum atomic E-state index is 11.9. The monoisotopic (exact) mass is 321 g/mol. The molecule has 0 spiro atoms. The second-order valence-corrected chi connectivity index (χ2v) is 6.67. The zero-order valence-corrected chi connectivity index (χ0v) is 14.1. The van der Waals surface area contributed by atoms with Crippen LogP contribution in [-0.4, -0.2) is 35.1 Å². The third-order valence-electron chi connectivity index (χ3n) is 3.34. The third-order valence-corrected chi connectivity index (χ3v) is 3.34. The summed E-state index contributed by atoms with van der Waals surface area (Å²) in [4.78, 5) is 23.2. The van der Waals surface area contributed by atoms with Gasteiger partial charge in [0, 0.05) is 24.2 Å². The zero-order valence-electron chi connectivity index (χ0n) is 14.1. The number of rotatable bonds is 8. The van der Waals surface area contributed by atoms with Gasteiger partial charge in [0.25, 0.3) is 0 Å². The quantitative estimate of drug-likeness (QED) is 0.544. The van der Waals surface area contributed by atoms with E-state index < -0.39 is 12.0 Å². The summed E-state index contributed by atoms with van der Waals surface area (Å²) in [5.41, 5.74) is 7.21. The second kappa shape index (κ2) is 8.53. The molecule has 0 fully saturated rings. The largest absolute Gasteiger partial charge is 0.480 e. The number of hydrogen-bond acceptors (Lipinski definition) is 4. The first-order valence-electron chi connectivity index (χ1n) is 7.79. The smallest absolute Gasteiger partial charge is 0.326 e. The van der Waals surface area contributed by atoms with Crippen LogP contribution in [0.5, 0.6) is 0 Å². The number of aryl methyl sites for hydroxylation is 1. The van der Waals surface area contributed by atoms with Gasteiger partial charge in [-0.3, -0.25) is 4.79 Å². The maximum absolute atomic E-state index is 11.9. The first-order valence-corrected chi connectivity index (χ1v) is 7.79. The first-order chi connectivity index (χ1) is 10.7. The minimum atomic E-state index is -1.02. The van der Waals surface area contributed by atoms with E-state index in [2.05, 4.69) is 10.6 Å². The molecule has 0 aliphatic heterocycles. The summed E-state index contributed by atoms with van der Waals surface area (Å²) in [5.74, 6) is -1.27. The topological polar surface area (TPSA) is 104 Å². The Balaban J connectivity index is 2.43. The molecular weight excluding hydrogens is 294 g/mol. The zero-order chi connectivity index (χ0) is 17.5. The lowest BCUT2D eigenvalue weighted by atomic mass is 10.0. The number of carbonyl (C=O) groups is 2. The minimum Gasteiger partial charge on any atom is -0.480 e. The van der Waals surface area contributed by atoms with Crippen LogP contribution in [0.4, 0.5) is 5.69 Å². The lowest BCUT2D eigenvalue weighted by Gasteiger charge is -2.20. The molecule has 5 N–H and O–H groups in total. The van der Waals surface area contributed by atoms with Gasteiger partial charge in [0.05, 0.1) is 0 Å². The highest BCUT2D eigenvalue weighted by Crippen LogP contribution is 2.09. The molecule has 0 bridgehead atoms. The van der Waals surface area contributed by atoms with Crippen LogP contribution in [0.3, 0.4) is 0 Å². The predicted octanol–water partition coefficient (Wildman–Crippen LogP) is 1.55. The Morgan fingerprint density at radius 1 is 1.22 bits per heavy atom. The van der Waals surface area contributed by atoms with E-state index in [1.807, 2.05) is 32.9 Å². The van der Waals surface area contributed by atoms with Crippen LogP contribution >= 0.6 is 0 Å². The van der Waals surface area contributed by atoms with E-state index in [1.165, 1.54) is 0 Å². The molecule has 0 saturated carbocycles. The highest BCUT2D eigenvalue weighted by Gasteiger charge is 2.20. The molecule has 0 saturated heterocycles. The van der Waals surface area contributed by atoms with E-state index in [9.17, 15) is 14.7 Å². The van der Waals surface area contributed by atoms with Crippen molar-refractivity contribution in [2.24, 2.45) is 0 Å². The second-order valence-electron chi connectivity index (χ2n) is 6.67. The van der Waals surface area contributed by atoms with E-state index >= 15 is 0 Å². The molecule has 1 aromatic rings. The van der Waals surface area contributed by atoms with Gasteiger partial charge in [-0.25, -0.2) is 4.79 Å². The number of benzene rings is 1. The fourth-order valence-corrected chi connectivity index (χ4v) is 2.07. The molecule has 0 aliphatic rings. The number of nitrogens with two attached hydrogens (primary N) is 1. The minimum absolute atomic E-state index is 0.0678. The average molecular weight is 321 g/mol. The van der Waals surface area contributed by atoms with Crippen LogP contribution in [0.15, 0.2) is 24.3 Å². The number of anilines is 1. The molecule has 0 aliphatic carbocycles. The van der Waals surface area contributed by atoms with Gasteiger partial charge >= 0.3 is 5.97 Å². The summed E-state index contributed by atoms with van der Waals surface area (Å²) in [6.07, 6.45) is 1.17. The highest BCUT2D eigenvalue weighted by molar-refractivity contribution is 5.83. The normalized spacial score (nSPS) is 12.7. The Morgan fingerprint density at radius 3 is 2.35 bits per heavy atom. The summed E-state index contributed by atoms with van der Waals surface area (Å²) in [6, 6.07) is 6.41. The van der Waals surface area contributed by atoms with E-state index in [0.29, 0.717) is 25.1 Å². The summed E-state index contributed by atoms with van der Waals surface area (Å²) in [5, 5.41) is 15.0. The Kier molecular flexibility index (Phi) is 7.03. The third kappa shape index (κ3) is 8.21. The van der Waals surface area contributed by atoms with Crippen LogP contribution in [0, 0.1) is 0 Å². The molecule has 0 radical (unpaired) electrons. The first kappa shape index (κ1) is 19.0. The molecule has 0 unspecified atom stereocenters.